The quantitative estimate of drug-likeness (QED) is 0.747. The van der Waals surface area contributed by atoms with Crippen LogP contribution < -0.4 is 0 Å². The molecule has 5 heteroatoms. The Balaban J connectivity index is 1.76. The third-order valence-electron chi connectivity index (χ3n) is 5.22. The molecule has 124 valence electrons. The summed E-state index contributed by atoms with van der Waals surface area (Å²) in [6, 6.07) is 7.53. The second-order valence-electron chi connectivity index (χ2n) is 6.63. The first-order valence-corrected chi connectivity index (χ1v) is 9.61. The molecule has 2 saturated carbocycles. The van der Waals surface area contributed by atoms with Gasteiger partial charge in [-0.1, -0.05) is 30.7 Å². The van der Waals surface area contributed by atoms with Gasteiger partial charge in [-0.05, 0) is 37.8 Å². The number of aryl methyl sites for hydroxylation is 1. The molecule has 0 radical (unpaired) electrons. The van der Waals surface area contributed by atoms with Crippen molar-refractivity contribution in [1.82, 2.24) is 4.98 Å². The van der Waals surface area contributed by atoms with Gasteiger partial charge in [-0.2, -0.15) is 0 Å². The van der Waals surface area contributed by atoms with Gasteiger partial charge in [0, 0.05) is 27.3 Å². The largest absolute Gasteiger partial charge is 0.298 e. The Hall–Kier alpha value is -1.52. The number of carbonyl (C=O) groups is 2. The first-order valence-electron chi connectivity index (χ1n) is 8.41. The van der Waals surface area contributed by atoms with Crippen LogP contribution in [-0.2, 0) is 16.0 Å². The highest BCUT2D eigenvalue weighted by Gasteiger charge is 2.48. The number of ketones is 2. The van der Waals surface area contributed by atoms with E-state index >= 15 is 0 Å². The van der Waals surface area contributed by atoms with Gasteiger partial charge in [-0.15, -0.1) is 11.3 Å². The maximum absolute atomic E-state index is 12.8. The average molecular weight is 360 g/mol. The van der Waals surface area contributed by atoms with E-state index < -0.39 is 5.92 Å². The van der Waals surface area contributed by atoms with Crippen LogP contribution in [0.3, 0.4) is 0 Å². The van der Waals surface area contributed by atoms with Crippen molar-refractivity contribution in [2.45, 2.75) is 38.5 Å². The molecule has 2 unspecified atom stereocenters. The highest BCUT2D eigenvalue weighted by atomic mass is 35.5. The zero-order valence-corrected chi connectivity index (χ0v) is 15.0. The monoisotopic (exact) mass is 359 g/mol. The molecule has 0 spiro atoms. The number of hydrogen-bond acceptors (Lipinski definition) is 4. The third-order valence-corrected chi connectivity index (χ3v) is 6.74. The zero-order valence-electron chi connectivity index (χ0n) is 13.4. The number of benzene rings is 1. The number of thiazole rings is 1. The smallest absolute Gasteiger partial charge is 0.152 e. The van der Waals surface area contributed by atoms with Crippen molar-refractivity contribution in [3.63, 3.8) is 0 Å². The summed E-state index contributed by atoms with van der Waals surface area (Å²) in [6.45, 7) is 2.05. The number of halogens is 1. The number of fused-ring (bicyclic) bond motifs is 2. The summed E-state index contributed by atoms with van der Waals surface area (Å²) in [4.78, 5) is 31.3. The minimum atomic E-state index is -0.636. The van der Waals surface area contributed by atoms with Crippen LogP contribution in [0.15, 0.2) is 24.3 Å². The van der Waals surface area contributed by atoms with Crippen molar-refractivity contribution in [2.24, 2.45) is 11.8 Å². The molecular weight excluding hydrogens is 342 g/mol. The summed E-state index contributed by atoms with van der Waals surface area (Å²) in [6.07, 6.45) is 3.26. The molecule has 2 aliphatic rings. The summed E-state index contributed by atoms with van der Waals surface area (Å²) in [5.41, 5.74) is 1.68. The second kappa shape index (κ2) is 6.08. The number of nitrogens with zero attached hydrogens (tertiary/aromatic N) is 1. The maximum atomic E-state index is 12.8. The molecule has 1 aromatic carbocycles. The Bertz CT molecular complexity index is 789. The Morgan fingerprint density at radius 3 is 2.33 bits per heavy atom. The summed E-state index contributed by atoms with van der Waals surface area (Å²) < 4.78 is 0. The number of aromatic nitrogens is 1. The van der Waals surface area contributed by atoms with E-state index in [9.17, 15) is 9.59 Å². The van der Waals surface area contributed by atoms with E-state index in [0.29, 0.717) is 10.7 Å². The van der Waals surface area contributed by atoms with E-state index in [1.165, 1.54) is 0 Å². The summed E-state index contributed by atoms with van der Waals surface area (Å²) in [7, 11) is 0. The lowest BCUT2D eigenvalue weighted by atomic mass is 9.77. The molecule has 0 N–H and O–H groups in total. The van der Waals surface area contributed by atoms with Crippen molar-refractivity contribution >= 4 is 34.5 Å². The molecule has 2 atom stereocenters. The molecule has 2 aliphatic carbocycles. The van der Waals surface area contributed by atoms with Crippen LogP contribution in [0.2, 0.25) is 5.02 Å². The summed E-state index contributed by atoms with van der Waals surface area (Å²) in [5, 5.41) is 1.54. The molecule has 1 heterocycles. The molecule has 24 heavy (non-hydrogen) atoms. The van der Waals surface area contributed by atoms with Gasteiger partial charge in [0.05, 0.1) is 5.69 Å². The van der Waals surface area contributed by atoms with Gasteiger partial charge in [0.15, 0.2) is 11.6 Å². The fraction of sp³-hybridized carbons (Fsp3) is 0.421. The lowest BCUT2D eigenvalue weighted by molar-refractivity contribution is -0.136. The molecular formula is C19H18ClNO2S. The van der Waals surface area contributed by atoms with Gasteiger partial charge in [-0.25, -0.2) is 4.98 Å². The fourth-order valence-electron chi connectivity index (χ4n) is 3.94. The molecule has 2 bridgehead atoms. The fourth-order valence-corrected chi connectivity index (χ4v) is 5.11. The van der Waals surface area contributed by atoms with E-state index in [1.807, 2.05) is 24.3 Å². The van der Waals surface area contributed by atoms with Crippen LogP contribution >= 0.6 is 22.9 Å². The van der Waals surface area contributed by atoms with E-state index in [1.54, 1.807) is 11.3 Å². The van der Waals surface area contributed by atoms with Gasteiger partial charge >= 0.3 is 0 Å². The normalized spacial score (nSPS) is 26.2. The first-order chi connectivity index (χ1) is 11.6. The average Bonchev–Trinajstić information content (AvgIpc) is 3.20. The second-order valence-corrected chi connectivity index (χ2v) is 8.15. The van der Waals surface area contributed by atoms with Crippen LogP contribution in [0, 0.1) is 11.8 Å². The molecule has 4 rings (SSSR count). The number of carbonyl (C=O) groups excluding carboxylic acids is 2. The molecule has 0 amide bonds. The first kappa shape index (κ1) is 16.0. The van der Waals surface area contributed by atoms with Crippen LogP contribution in [0.25, 0.3) is 10.6 Å². The summed E-state index contributed by atoms with van der Waals surface area (Å²) >= 11 is 7.54. The van der Waals surface area contributed by atoms with Crippen LogP contribution in [0.5, 0.6) is 0 Å². The lowest BCUT2D eigenvalue weighted by Crippen LogP contribution is -2.35. The van der Waals surface area contributed by atoms with Gasteiger partial charge in [0.25, 0.3) is 0 Å². The van der Waals surface area contributed by atoms with Crippen molar-refractivity contribution in [3.8, 4) is 10.6 Å². The van der Waals surface area contributed by atoms with E-state index in [-0.39, 0.29) is 23.4 Å². The van der Waals surface area contributed by atoms with Crippen LogP contribution in [-0.4, -0.2) is 16.6 Å². The molecule has 3 nitrogen and oxygen atoms in total. The SMILES string of the molecule is CCc1sc(-c2ccc(Cl)cc2)nc1C1C(=O)C2CCC(C2)C1=O. The Morgan fingerprint density at radius 1 is 1.12 bits per heavy atom. The number of rotatable bonds is 3. The van der Waals surface area contributed by atoms with Gasteiger partial charge < -0.3 is 0 Å². The van der Waals surface area contributed by atoms with Gasteiger partial charge in [0.1, 0.15) is 10.9 Å². The van der Waals surface area contributed by atoms with Crippen molar-refractivity contribution in [3.05, 3.63) is 39.9 Å². The van der Waals surface area contributed by atoms with Gasteiger partial charge in [0.2, 0.25) is 0 Å². The zero-order chi connectivity index (χ0) is 16.8. The van der Waals surface area contributed by atoms with Crippen molar-refractivity contribution in [2.75, 3.05) is 0 Å². The predicted molar refractivity (Wildman–Crippen MR) is 95.5 cm³/mol. The predicted octanol–water partition coefficient (Wildman–Crippen LogP) is 4.68. The van der Waals surface area contributed by atoms with Gasteiger partial charge in [-0.3, -0.25) is 9.59 Å². The van der Waals surface area contributed by atoms with Crippen molar-refractivity contribution < 1.29 is 9.59 Å². The maximum Gasteiger partial charge on any atom is 0.152 e. The highest BCUT2D eigenvalue weighted by molar-refractivity contribution is 7.15. The van der Waals surface area contributed by atoms with E-state index in [0.717, 1.165) is 41.1 Å². The minimum absolute atomic E-state index is 0.0584. The number of Topliss-reactive ketones (excluding diaryl/α,β-unsaturated/α-hetero) is 2. The third kappa shape index (κ3) is 2.52. The molecule has 0 aliphatic heterocycles. The molecule has 2 fully saturated rings. The molecule has 1 aromatic heterocycles. The van der Waals surface area contributed by atoms with E-state index in [2.05, 4.69) is 6.92 Å². The molecule has 2 aromatic rings. The molecule has 0 saturated heterocycles. The standard InChI is InChI=1S/C19H18ClNO2S/c1-2-14-16(15-17(22)11-3-4-12(9-11)18(15)23)21-19(24-14)10-5-7-13(20)8-6-10/h5-8,11-12,15H,2-4,9H2,1H3. The minimum Gasteiger partial charge on any atom is -0.298 e. The number of hydrogen-bond donors (Lipinski definition) is 0. The topological polar surface area (TPSA) is 47.0 Å². The highest BCUT2D eigenvalue weighted by Crippen LogP contribution is 2.45. The lowest BCUT2D eigenvalue weighted by Gasteiger charge is -2.24. The van der Waals surface area contributed by atoms with Crippen LogP contribution in [0.4, 0.5) is 0 Å². The summed E-state index contributed by atoms with van der Waals surface area (Å²) in [5.74, 6) is -0.331. The van der Waals surface area contributed by atoms with E-state index in [4.69, 9.17) is 16.6 Å². The Morgan fingerprint density at radius 2 is 1.75 bits per heavy atom. The van der Waals surface area contributed by atoms with Crippen molar-refractivity contribution in [1.29, 1.82) is 0 Å². The Kier molecular flexibility index (Phi) is 4.05. The Labute approximate surface area is 150 Å². The van der Waals surface area contributed by atoms with Crippen LogP contribution in [0.1, 0.15) is 42.7 Å².